The first kappa shape index (κ1) is 18.4. The SMILES string of the molecule is COC1(c2csc(-c3ccc(C(=S)CC(C)=O)cc3)c2)CCOCC1. The third-order valence-corrected chi connectivity index (χ3v) is 6.08. The lowest BCUT2D eigenvalue weighted by molar-refractivity contribution is -0.115. The van der Waals surface area contributed by atoms with Crippen LogP contribution in [0.3, 0.4) is 0 Å². The van der Waals surface area contributed by atoms with Crippen molar-refractivity contribution in [1.82, 2.24) is 0 Å². The largest absolute Gasteiger partial charge is 0.381 e. The minimum Gasteiger partial charge on any atom is -0.381 e. The second kappa shape index (κ2) is 7.87. The van der Waals surface area contributed by atoms with Gasteiger partial charge in [0.25, 0.3) is 0 Å². The summed E-state index contributed by atoms with van der Waals surface area (Å²) < 4.78 is 11.4. The predicted octanol–water partition coefficient (Wildman–Crippen LogP) is 4.76. The Morgan fingerprint density at radius 1 is 1.28 bits per heavy atom. The van der Waals surface area contributed by atoms with Crippen LogP contribution >= 0.6 is 23.6 Å². The summed E-state index contributed by atoms with van der Waals surface area (Å²) in [7, 11) is 1.79. The Morgan fingerprint density at radius 3 is 2.56 bits per heavy atom. The van der Waals surface area contributed by atoms with E-state index in [0.717, 1.165) is 37.2 Å². The van der Waals surface area contributed by atoms with E-state index in [1.54, 1.807) is 25.4 Å². The molecule has 0 amide bonds. The van der Waals surface area contributed by atoms with E-state index in [1.807, 2.05) is 12.1 Å². The number of methoxy groups -OCH3 is 1. The fourth-order valence-electron chi connectivity index (χ4n) is 3.19. The lowest BCUT2D eigenvalue weighted by atomic mass is 9.87. The van der Waals surface area contributed by atoms with Gasteiger partial charge in [0, 0.05) is 49.3 Å². The number of rotatable bonds is 6. The van der Waals surface area contributed by atoms with E-state index in [1.165, 1.54) is 10.4 Å². The highest BCUT2D eigenvalue weighted by atomic mass is 32.1. The quantitative estimate of drug-likeness (QED) is 0.539. The number of thiophene rings is 1. The number of thiocarbonyl (C=S) groups is 1. The number of ketones is 1. The zero-order chi connectivity index (χ0) is 17.9. The molecule has 3 rings (SSSR count). The van der Waals surface area contributed by atoms with E-state index in [2.05, 4.69) is 23.6 Å². The van der Waals surface area contributed by atoms with E-state index in [4.69, 9.17) is 21.7 Å². The molecular weight excluding hydrogens is 352 g/mol. The molecule has 0 bridgehead atoms. The van der Waals surface area contributed by atoms with E-state index in [-0.39, 0.29) is 11.4 Å². The Kier molecular flexibility index (Phi) is 5.79. The van der Waals surface area contributed by atoms with Gasteiger partial charge in [0.15, 0.2) is 0 Å². The van der Waals surface area contributed by atoms with Crippen molar-refractivity contribution >= 4 is 34.2 Å². The molecule has 1 fully saturated rings. The molecule has 132 valence electrons. The van der Waals surface area contributed by atoms with Gasteiger partial charge in [-0.1, -0.05) is 36.5 Å². The van der Waals surface area contributed by atoms with Crippen molar-refractivity contribution in [3.05, 3.63) is 46.8 Å². The maximum Gasteiger partial charge on any atom is 0.135 e. The van der Waals surface area contributed by atoms with Crippen molar-refractivity contribution < 1.29 is 14.3 Å². The van der Waals surface area contributed by atoms with Crippen LogP contribution in [0, 0.1) is 0 Å². The molecule has 0 atom stereocenters. The van der Waals surface area contributed by atoms with Gasteiger partial charge in [0.2, 0.25) is 0 Å². The fraction of sp³-hybridized carbons (Fsp3) is 0.400. The average Bonchev–Trinajstić information content (AvgIpc) is 3.12. The van der Waals surface area contributed by atoms with Crippen LogP contribution in [0.5, 0.6) is 0 Å². The molecule has 3 nitrogen and oxygen atoms in total. The van der Waals surface area contributed by atoms with Crippen molar-refractivity contribution in [3.63, 3.8) is 0 Å². The smallest absolute Gasteiger partial charge is 0.135 e. The highest BCUT2D eigenvalue weighted by molar-refractivity contribution is 7.80. The van der Waals surface area contributed by atoms with Crippen molar-refractivity contribution in [2.24, 2.45) is 0 Å². The molecule has 0 unspecified atom stereocenters. The van der Waals surface area contributed by atoms with Crippen molar-refractivity contribution in [1.29, 1.82) is 0 Å². The molecule has 2 heterocycles. The molecule has 0 aliphatic carbocycles. The number of ether oxygens (including phenoxy) is 2. The van der Waals surface area contributed by atoms with Gasteiger partial charge >= 0.3 is 0 Å². The molecular formula is C20H22O3S2. The number of benzene rings is 1. The van der Waals surface area contributed by atoms with Crippen LogP contribution in [0.4, 0.5) is 0 Å². The predicted molar refractivity (Wildman–Crippen MR) is 105 cm³/mol. The normalized spacial score (nSPS) is 16.6. The molecule has 5 heteroatoms. The average molecular weight is 375 g/mol. The van der Waals surface area contributed by atoms with Crippen LogP contribution in [0.1, 0.15) is 37.3 Å². The highest BCUT2D eigenvalue weighted by Crippen LogP contribution is 2.40. The van der Waals surface area contributed by atoms with Crippen LogP contribution < -0.4 is 0 Å². The van der Waals surface area contributed by atoms with E-state index >= 15 is 0 Å². The minimum absolute atomic E-state index is 0.0956. The Hall–Kier alpha value is -1.40. The minimum atomic E-state index is -0.226. The van der Waals surface area contributed by atoms with E-state index in [9.17, 15) is 4.79 Å². The van der Waals surface area contributed by atoms with Gasteiger partial charge < -0.3 is 9.47 Å². The van der Waals surface area contributed by atoms with Gasteiger partial charge in [-0.3, -0.25) is 4.79 Å². The molecule has 25 heavy (non-hydrogen) atoms. The number of Topliss-reactive ketones (excluding diaryl/α,β-unsaturated/α-hetero) is 1. The molecule has 1 aliphatic rings. The third-order valence-electron chi connectivity index (χ3n) is 4.72. The van der Waals surface area contributed by atoms with Gasteiger partial charge in [-0.2, -0.15) is 0 Å². The fourth-order valence-corrected chi connectivity index (χ4v) is 4.53. The first-order valence-electron chi connectivity index (χ1n) is 8.39. The second-order valence-electron chi connectivity index (χ2n) is 6.39. The first-order valence-corrected chi connectivity index (χ1v) is 9.68. The lowest BCUT2D eigenvalue weighted by Crippen LogP contribution is -2.35. The Labute approximate surface area is 158 Å². The second-order valence-corrected chi connectivity index (χ2v) is 7.79. The summed E-state index contributed by atoms with van der Waals surface area (Å²) in [5.74, 6) is 0.0956. The highest BCUT2D eigenvalue weighted by Gasteiger charge is 2.35. The number of carbonyl (C=O) groups excluding carboxylic acids is 1. The molecule has 1 aliphatic heterocycles. The van der Waals surface area contributed by atoms with Crippen LogP contribution in [-0.4, -0.2) is 31.0 Å². The zero-order valence-electron chi connectivity index (χ0n) is 14.5. The molecule has 0 N–H and O–H groups in total. The summed E-state index contributed by atoms with van der Waals surface area (Å²) in [6.45, 7) is 3.04. The summed E-state index contributed by atoms with van der Waals surface area (Å²) in [6.07, 6.45) is 2.10. The summed E-state index contributed by atoms with van der Waals surface area (Å²) in [6, 6.07) is 10.4. The van der Waals surface area contributed by atoms with Crippen LogP contribution in [0.15, 0.2) is 35.7 Å². The molecule has 0 radical (unpaired) electrons. The maximum absolute atomic E-state index is 11.2. The summed E-state index contributed by atoms with van der Waals surface area (Å²) >= 11 is 7.06. The molecule has 1 saturated heterocycles. The number of carbonyl (C=O) groups is 1. The first-order chi connectivity index (χ1) is 12.0. The summed E-state index contributed by atoms with van der Waals surface area (Å²) in [5.41, 5.74) is 3.11. The van der Waals surface area contributed by atoms with E-state index in [0.29, 0.717) is 11.3 Å². The van der Waals surface area contributed by atoms with Crippen LogP contribution in [0.2, 0.25) is 0 Å². The van der Waals surface area contributed by atoms with Crippen molar-refractivity contribution in [2.75, 3.05) is 20.3 Å². The topological polar surface area (TPSA) is 35.5 Å². The molecule has 0 saturated carbocycles. The Bertz CT molecular complexity index is 756. The van der Waals surface area contributed by atoms with Crippen LogP contribution in [-0.2, 0) is 19.9 Å². The Morgan fingerprint density at radius 2 is 1.96 bits per heavy atom. The molecule has 1 aromatic heterocycles. The molecule has 0 spiro atoms. The zero-order valence-corrected chi connectivity index (χ0v) is 16.2. The van der Waals surface area contributed by atoms with Crippen LogP contribution in [0.25, 0.3) is 10.4 Å². The summed E-state index contributed by atoms with van der Waals surface area (Å²) in [5, 5.41) is 2.19. The maximum atomic E-state index is 11.2. The van der Waals surface area contributed by atoms with Gasteiger partial charge in [0.1, 0.15) is 5.78 Å². The third kappa shape index (κ3) is 4.06. The number of hydrogen-bond acceptors (Lipinski definition) is 5. The van der Waals surface area contributed by atoms with Gasteiger partial charge in [-0.25, -0.2) is 0 Å². The summed E-state index contributed by atoms with van der Waals surface area (Å²) in [4.78, 5) is 13.1. The van der Waals surface area contributed by atoms with Gasteiger partial charge in [-0.05, 0) is 35.1 Å². The van der Waals surface area contributed by atoms with Gasteiger partial charge in [0.05, 0.1) is 5.60 Å². The van der Waals surface area contributed by atoms with Crippen molar-refractivity contribution in [2.45, 2.75) is 31.8 Å². The standard InChI is InChI=1S/C20H22O3S2/c1-14(21)11-18(24)15-3-5-16(6-4-15)19-12-17(13-25-19)20(22-2)7-9-23-10-8-20/h3-6,12-13H,7-11H2,1-2H3. The van der Waals surface area contributed by atoms with Crippen molar-refractivity contribution in [3.8, 4) is 10.4 Å². The van der Waals surface area contributed by atoms with Gasteiger partial charge in [-0.15, -0.1) is 11.3 Å². The number of hydrogen-bond donors (Lipinski definition) is 0. The molecule has 1 aromatic carbocycles. The van der Waals surface area contributed by atoms with E-state index < -0.39 is 0 Å². The lowest BCUT2D eigenvalue weighted by Gasteiger charge is -2.35. The molecule has 2 aromatic rings. The Balaban J connectivity index is 1.80. The monoisotopic (exact) mass is 374 g/mol.